The lowest BCUT2D eigenvalue weighted by Gasteiger charge is -2.21. The number of rotatable bonds is 5. The first-order valence-electron chi connectivity index (χ1n) is 7.21. The van der Waals surface area contributed by atoms with Gasteiger partial charge in [0.2, 0.25) is 0 Å². The molecule has 7 nitrogen and oxygen atoms in total. The van der Waals surface area contributed by atoms with Crippen LogP contribution >= 0.6 is 11.3 Å². The van der Waals surface area contributed by atoms with Crippen LogP contribution in [-0.4, -0.2) is 38.3 Å². The van der Waals surface area contributed by atoms with Crippen molar-refractivity contribution in [2.45, 2.75) is 39.7 Å². The normalized spacial score (nSPS) is 11.5. The highest BCUT2D eigenvalue weighted by Gasteiger charge is 2.21. The molecule has 2 heterocycles. The fourth-order valence-corrected chi connectivity index (χ4v) is 2.98. The van der Waals surface area contributed by atoms with Gasteiger partial charge in [0.1, 0.15) is 0 Å². The number of nitrogens with zero attached hydrogens (tertiary/aromatic N) is 3. The molecule has 0 aliphatic carbocycles. The van der Waals surface area contributed by atoms with E-state index in [9.17, 15) is 9.59 Å². The quantitative estimate of drug-likeness (QED) is 0.871. The fraction of sp³-hybridized carbons (Fsp3) is 0.467. The molecule has 23 heavy (non-hydrogen) atoms. The number of aromatic carboxylic acids is 1. The molecular formula is C15H20N4O3S. The molecule has 2 rings (SSSR count). The standard InChI is InChI=1S/C15H20N4O3S/c1-9-10(7-17-19(9)15(2,3)4)13(20)16-6-5-12-18-11(8-23-12)14(21)22/h7-8H,5-6H2,1-4H3,(H,16,20)(H,21,22). The van der Waals surface area contributed by atoms with E-state index in [1.54, 1.807) is 6.20 Å². The van der Waals surface area contributed by atoms with E-state index in [1.807, 2.05) is 32.4 Å². The Kier molecular flexibility index (Phi) is 4.84. The molecule has 0 unspecified atom stereocenters. The Morgan fingerprint density at radius 2 is 2.09 bits per heavy atom. The number of thiazole rings is 1. The van der Waals surface area contributed by atoms with Crippen molar-refractivity contribution < 1.29 is 14.7 Å². The average molecular weight is 336 g/mol. The molecule has 0 saturated heterocycles. The second kappa shape index (κ2) is 6.49. The molecule has 0 radical (unpaired) electrons. The van der Waals surface area contributed by atoms with Crippen LogP contribution in [0.1, 0.15) is 52.3 Å². The topological polar surface area (TPSA) is 97.1 Å². The van der Waals surface area contributed by atoms with Crippen molar-refractivity contribution in [3.05, 3.63) is 33.5 Å². The number of amides is 1. The molecule has 2 aromatic heterocycles. The molecule has 0 aliphatic heterocycles. The number of aromatic nitrogens is 3. The lowest BCUT2D eigenvalue weighted by molar-refractivity contribution is 0.0690. The summed E-state index contributed by atoms with van der Waals surface area (Å²) >= 11 is 1.28. The van der Waals surface area contributed by atoms with Gasteiger partial charge in [-0.25, -0.2) is 9.78 Å². The Balaban J connectivity index is 1.95. The van der Waals surface area contributed by atoms with Crippen molar-refractivity contribution in [1.29, 1.82) is 0 Å². The van der Waals surface area contributed by atoms with Gasteiger partial charge in [0.05, 0.1) is 22.3 Å². The summed E-state index contributed by atoms with van der Waals surface area (Å²) in [5.74, 6) is -1.23. The Morgan fingerprint density at radius 1 is 1.39 bits per heavy atom. The summed E-state index contributed by atoms with van der Waals surface area (Å²) in [4.78, 5) is 27.0. The van der Waals surface area contributed by atoms with Crippen LogP contribution in [0.2, 0.25) is 0 Å². The van der Waals surface area contributed by atoms with Crippen LogP contribution in [0.5, 0.6) is 0 Å². The maximum Gasteiger partial charge on any atom is 0.355 e. The highest BCUT2D eigenvalue weighted by Crippen LogP contribution is 2.18. The number of nitrogens with one attached hydrogen (secondary N) is 1. The van der Waals surface area contributed by atoms with Gasteiger partial charge in [-0.15, -0.1) is 11.3 Å². The Morgan fingerprint density at radius 3 is 2.61 bits per heavy atom. The van der Waals surface area contributed by atoms with Crippen LogP contribution in [0.4, 0.5) is 0 Å². The zero-order valence-corrected chi connectivity index (χ0v) is 14.4. The number of carboxylic acid groups (broad SMARTS) is 1. The number of hydrogen-bond acceptors (Lipinski definition) is 5. The van der Waals surface area contributed by atoms with E-state index in [4.69, 9.17) is 5.11 Å². The molecule has 0 atom stereocenters. The third-order valence-corrected chi connectivity index (χ3v) is 4.19. The lowest BCUT2D eigenvalue weighted by Crippen LogP contribution is -2.28. The van der Waals surface area contributed by atoms with Gasteiger partial charge in [0, 0.05) is 24.0 Å². The summed E-state index contributed by atoms with van der Waals surface area (Å²) in [5.41, 5.74) is 1.22. The van der Waals surface area contributed by atoms with Gasteiger partial charge in [0.15, 0.2) is 5.69 Å². The Labute approximate surface area is 138 Å². The second-order valence-electron chi connectivity index (χ2n) is 6.16. The van der Waals surface area contributed by atoms with E-state index in [0.29, 0.717) is 23.5 Å². The number of carboxylic acids is 1. The summed E-state index contributed by atoms with van der Waals surface area (Å²) < 4.78 is 1.82. The molecule has 0 aromatic carbocycles. The molecule has 0 spiro atoms. The van der Waals surface area contributed by atoms with Crippen molar-refractivity contribution in [3.8, 4) is 0 Å². The van der Waals surface area contributed by atoms with Crippen LogP contribution in [-0.2, 0) is 12.0 Å². The summed E-state index contributed by atoms with van der Waals surface area (Å²) in [6.07, 6.45) is 2.07. The van der Waals surface area contributed by atoms with Crippen molar-refractivity contribution >= 4 is 23.2 Å². The van der Waals surface area contributed by atoms with Crippen molar-refractivity contribution in [2.75, 3.05) is 6.54 Å². The molecule has 2 N–H and O–H groups in total. The van der Waals surface area contributed by atoms with Crippen LogP contribution in [0.15, 0.2) is 11.6 Å². The van der Waals surface area contributed by atoms with Gasteiger partial charge in [-0.3, -0.25) is 9.48 Å². The number of carbonyl (C=O) groups is 2. The monoisotopic (exact) mass is 336 g/mol. The molecule has 0 fully saturated rings. The third-order valence-electron chi connectivity index (χ3n) is 3.29. The smallest absolute Gasteiger partial charge is 0.355 e. The maximum absolute atomic E-state index is 12.2. The SMILES string of the molecule is Cc1c(C(=O)NCCc2nc(C(=O)O)cs2)cnn1C(C)(C)C. The largest absolute Gasteiger partial charge is 0.476 e. The van der Waals surface area contributed by atoms with Crippen molar-refractivity contribution in [3.63, 3.8) is 0 Å². The van der Waals surface area contributed by atoms with E-state index in [1.165, 1.54) is 16.7 Å². The van der Waals surface area contributed by atoms with E-state index < -0.39 is 5.97 Å². The van der Waals surface area contributed by atoms with Crippen molar-refractivity contribution in [2.24, 2.45) is 0 Å². The van der Waals surface area contributed by atoms with Crippen LogP contribution in [0, 0.1) is 6.92 Å². The number of carbonyl (C=O) groups excluding carboxylic acids is 1. The predicted molar refractivity (Wildman–Crippen MR) is 87.1 cm³/mol. The molecule has 1 amide bonds. The lowest BCUT2D eigenvalue weighted by atomic mass is 10.1. The fourth-order valence-electron chi connectivity index (χ4n) is 2.21. The van der Waals surface area contributed by atoms with Crippen LogP contribution < -0.4 is 5.32 Å². The van der Waals surface area contributed by atoms with E-state index in [-0.39, 0.29) is 17.1 Å². The maximum atomic E-state index is 12.2. The summed E-state index contributed by atoms with van der Waals surface area (Å²) in [7, 11) is 0. The third kappa shape index (κ3) is 3.95. The molecule has 2 aromatic rings. The Hall–Kier alpha value is -2.22. The van der Waals surface area contributed by atoms with Gasteiger partial charge in [-0.1, -0.05) is 0 Å². The van der Waals surface area contributed by atoms with Crippen molar-refractivity contribution in [1.82, 2.24) is 20.1 Å². The first-order valence-corrected chi connectivity index (χ1v) is 8.09. The van der Waals surface area contributed by atoms with Gasteiger partial charge in [-0.2, -0.15) is 5.10 Å². The first-order chi connectivity index (χ1) is 10.7. The van der Waals surface area contributed by atoms with Gasteiger partial charge in [0.25, 0.3) is 5.91 Å². The minimum Gasteiger partial charge on any atom is -0.476 e. The highest BCUT2D eigenvalue weighted by atomic mass is 32.1. The highest BCUT2D eigenvalue weighted by molar-refractivity contribution is 7.09. The summed E-state index contributed by atoms with van der Waals surface area (Å²) in [6, 6.07) is 0. The predicted octanol–water partition coefficient (Wildman–Crippen LogP) is 2.07. The molecule has 0 bridgehead atoms. The second-order valence-corrected chi connectivity index (χ2v) is 7.11. The number of hydrogen-bond donors (Lipinski definition) is 2. The first kappa shape index (κ1) is 17.1. The summed E-state index contributed by atoms with van der Waals surface area (Å²) in [5, 5.41) is 18.1. The minimum atomic E-state index is -1.04. The van der Waals surface area contributed by atoms with Crippen LogP contribution in [0.25, 0.3) is 0 Å². The minimum absolute atomic E-state index is 0.0404. The molecule has 124 valence electrons. The Bertz CT molecular complexity index is 727. The van der Waals surface area contributed by atoms with Gasteiger partial charge in [-0.05, 0) is 27.7 Å². The van der Waals surface area contributed by atoms with Gasteiger partial charge >= 0.3 is 5.97 Å². The zero-order valence-electron chi connectivity index (χ0n) is 13.6. The summed E-state index contributed by atoms with van der Waals surface area (Å²) in [6.45, 7) is 8.34. The van der Waals surface area contributed by atoms with Gasteiger partial charge < -0.3 is 10.4 Å². The molecule has 0 saturated carbocycles. The van der Waals surface area contributed by atoms with E-state index in [0.717, 1.165) is 5.69 Å². The molecule has 0 aliphatic rings. The molecular weight excluding hydrogens is 316 g/mol. The molecule has 8 heteroatoms. The van der Waals surface area contributed by atoms with E-state index >= 15 is 0 Å². The average Bonchev–Trinajstić information content (AvgIpc) is 3.04. The van der Waals surface area contributed by atoms with E-state index in [2.05, 4.69) is 15.4 Å². The van der Waals surface area contributed by atoms with Crippen LogP contribution in [0.3, 0.4) is 0 Å². The zero-order chi connectivity index (χ0) is 17.2.